The number of hydrogen-bond acceptors (Lipinski definition) is 5. The lowest BCUT2D eigenvalue weighted by atomic mass is 9.93. The molecule has 2 N–H and O–H groups in total. The van der Waals surface area contributed by atoms with Crippen molar-refractivity contribution in [3.8, 4) is 5.69 Å². The molecule has 3 rings (SSSR count). The Morgan fingerprint density at radius 2 is 2.04 bits per heavy atom. The van der Waals surface area contributed by atoms with Crippen LogP contribution in [0.3, 0.4) is 0 Å². The van der Waals surface area contributed by atoms with Crippen molar-refractivity contribution in [2.45, 2.75) is 30.6 Å². The van der Waals surface area contributed by atoms with Crippen LogP contribution in [0.15, 0.2) is 41.6 Å². The van der Waals surface area contributed by atoms with Crippen LogP contribution in [-0.4, -0.2) is 43.5 Å². The van der Waals surface area contributed by atoms with Gasteiger partial charge in [0.1, 0.15) is 0 Å². The fourth-order valence-electron chi connectivity index (χ4n) is 3.21. The molecule has 8 heteroatoms. The Bertz CT molecular complexity index is 870. The van der Waals surface area contributed by atoms with Crippen molar-refractivity contribution in [3.63, 3.8) is 0 Å². The maximum absolute atomic E-state index is 12.2. The monoisotopic (exact) mass is 376 g/mol. The number of piperidine rings is 1. The molecule has 1 aliphatic rings. The lowest BCUT2D eigenvalue weighted by molar-refractivity contribution is -0.116. The highest BCUT2D eigenvalue weighted by molar-refractivity contribution is 7.90. The number of sulfone groups is 1. The third kappa shape index (κ3) is 4.70. The molecule has 0 unspecified atom stereocenters. The lowest BCUT2D eigenvalue weighted by Gasteiger charge is -2.22. The average Bonchev–Trinajstić information content (AvgIpc) is 3.08. The highest BCUT2D eigenvalue weighted by atomic mass is 32.2. The number of carbonyl (C=O) groups is 1. The molecule has 0 saturated carbocycles. The van der Waals surface area contributed by atoms with Gasteiger partial charge in [0.25, 0.3) is 0 Å². The number of anilines is 1. The van der Waals surface area contributed by atoms with Gasteiger partial charge in [-0.25, -0.2) is 13.1 Å². The zero-order chi connectivity index (χ0) is 18.6. The van der Waals surface area contributed by atoms with E-state index in [-0.39, 0.29) is 10.8 Å². The minimum absolute atomic E-state index is 0.0421. The summed E-state index contributed by atoms with van der Waals surface area (Å²) < 4.78 is 25.3. The molecule has 0 aliphatic carbocycles. The second-order valence-electron chi connectivity index (χ2n) is 6.69. The van der Waals surface area contributed by atoms with E-state index in [0.29, 0.717) is 23.7 Å². The van der Waals surface area contributed by atoms with Crippen molar-refractivity contribution in [2.24, 2.45) is 5.92 Å². The number of aromatic nitrogens is 2. The first-order valence-corrected chi connectivity index (χ1v) is 10.7. The topological polar surface area (TPSA) is 93.1 Å². The smallest absolute Gasteiger partial charge is 0.224 e. The van der Waals surface area contributed by atoms with Crippen molar-refractivity contribution in [1.29, 1.82) is 0 Å². The molecule has 0 radical (unpaired) electrons. The molecule has 0 bridgehead atoms. The Morgan fingerprint density at radius 1 is 1.31 bits per heavy atom. The second-order valence-corrected chi connectivity index (χ2v) is 8.68. The number of nitrogens with zero attached hydrogens (tertiary/aromatic N) is 2. The zero-order valence-corrected chi connectivity index (χ0v) is 15.6. The highest BCUT2D eigenvalue weighted by Crippen LogP contribution is 2.21. The van der Waals surface area contributed by atoms with Crippen LogP contribution >= 0.6 is 0 Å². The quantitative estimate of drug-likeness (QED) is 0.804. The molecule has 2 aromatic rings. The van der Waals surface area contributed by atoms with Crippen LogP contribution in [0.1, 0.15) is 25.7 Å². The van der Waals surface area contributed by atoms with Gasteiger partial charge in [-0.15, -0.1) is 0 Å². The summed E-state index contributed by atoms with van der Waals surface area (Å²) in [6.45, 7) is 2.05. The normalized spacial score (nSPS) is 15.7. The van der Waals surface area contributed by atoms with E-state index in [1.807, 2.05) is 0 Å². The van der Waals surface area contributed by atoms with E-state index in [1.165, 1.54) is 17.1 Å². The Morgan fingerprint density at radius 3 is 2.77 bits per heavy atom. The van der Waals surface area contributed by atoms with Crippen molar-refractivity contribution in [3.05, 3.63) is 36.7 Å². The summed E-state index contributed by atoms with van der Waals surface area (Å²) in [6.07, 6.45) is 7.93. The number of hydrogen-bond donors (Lipinski definition) is 2. The number of nitrogens with one attached hydrogen (secondary N) is 2. The number of para-hydroxylation sites is 1. The van der Waals surface area contributed by atoms with Crippen molar-refractivity contribution in [1.82, 2.24) is 15.1 Å². The van der Waals surface area contributed by atoms with Gasteiger partial charge in [0.05, 0.1) is 28.7 Å². The van der Waals surface area contributed by atoms with E-state index in [0.717, 1.165) is 32.4 Å². The van der Waals surface area contributed by atoms with Crippen LogP contribution < -0.4 is 10.6 Å². The first-order valence-electron chi connectivity index (χ1n) is 8.78. The summed E-state index contributed by atoms with van der Waals surface area (Å²) in [6, 6.07) is 6.66. The molecule has 1 amide bonds. The van der Waals surface area contributed by atoms with Gasteiger partial charge in [0.2, 0.25) is 5.91 Å². The van der Waals surface area contributed by atoms with Gasteiger partial charge in [0.15, 0.2) is 9.84 Å². The summed E-state index contributed by atoms with van der Waals surface area (Å²) in [5.74, 6) is 0.561. The molecule has 140 valence electrons. The van der Waals surface area contributed by atoms with E-state index < -0.39 is 9.84 Å². The minimum atomic E-state index is -3.37. The molecule has 0 atom stereocenters. The molecule has 0 spiro atoms. The van der Waals surface area contributed by atoms with Crippen molar-refractivity contribution in [2.75, 3.05) is 24.7 Å². The van der Waals surface area contributed by atoms with Crippen LogP contribution in [0.4, 0.5) is 5.69 Å². The summed E-state index contributed by atoms with van der Waals surface area (Å²) in [5, 5.41) is 10.4. The van der Waals surface area contributed by atoms with Crippen LogP contribution in [0.2, 0.25) is 0 Å². The van der Waals surface area contributed by atoms with Crippen LogP contribution in [0, 0.1) is 5.92 Å². The summed E-state index contributed by atoms with van der Waals surface area (Å²) >= 11 is 0. The highest BCUT2D eigenvalue weighted by Gasteiger charge is 2.16. The van der Waals surface area contributed by atoms with E-state index in [9.17, 15) is 13.2 Å². The number of carbonyl (C=O) groups excluding carboxylic acids is 1. The van der Waals surface area contributed by atoms with Gasteiger partial charge in [0, 0.05) is 12.7 Å². The number of benzene rings is 1. The fourth-order valence-corrected chi connectivity index (χ4v) is 4.08. The zero-order valence-electron chi connectivity index (χ0n) is 14.8. The molecule has 1 aliphatic heterocycles. The third-order valence-electron chi connectivity index (χ3n) is 4.62. The SMILES string of the molecule is CS(=O)(=O)c1ccccc1-n1cc(NC(=O)CCC2CCNCC2)cn1. The van der Waals surface area contributed by atoms with Gasteiger partial charge in [-0.1, -0.05) is 12.1 Å². The standard InChI is InChI=1S/C18H24N4O3S/c1-26(24,25)17-5-3-2-4-16(17)22-13-15(12-20-22)21-18(23)7-6-14-8-10-19-11-9-14/h2-5,12-14,19H,6-11H2,1H3,(H,21,23). The van der Waals surface area contributed by atoms with Gasteiger partial charge in [-0.05, 0) is 50.4 Å². The first kappa shape index (κ1) is 18.6. The fraction of sp³-hybridized carbons (Fsp3) is 0.444. The van der Waals surface area contributed by atoms with Crippen molar-refractivity contribution < 1.29 is 13.2 Å². The maximum atomic E-state index is 12.2. The van der Waals surface area contributed by atoms with Gasteiger partial charge >= 0.3 is 0 Å². The van der Waals surface area contributed by atoms with E-state index in [4.69, 9.17) is 0 Å². The maximum Gasteiger partial charge on any atom is 0.224 e. The molecule has 1 saturated heterocycles. The Kier molecular flexibility index (Phi) is 5.73. The Balaban J connectivity index is 1.64. The average molecular weight is 376 g/mol. The number of amides is 1. The van der Waals surface area contributed by atoms with Crippen LogP contribution in [-0.2, 0) is 14.6 Å². The molecule has 7 nitrogen and oxygen atoms in total. The first-order chi connectivity index (χ1) is 12.4. The molecule has 2 heterocycles. The predicted octanol–water partition coefficient (Wildman–Crippen LogP) is 1.99. The van der Waals surface area contributed by atoms with Crippen LogP contribution in [0.5, 0.6) is 0 Å². The molecule has 1 aromatic carbocycles. The molecular weight excluding hydrogens is 352 g/mol. The largest absolute Gasteiger partial charge is 0.323 e. The molecule has 26 heavy (non-hydrogen) atoms. The van der Waals surface area contributed by atoms with Crippen molar-refractivity contribution >= 4 is 21.4 Å². The van der Waals surface area contributed by atoms with Gasteiger partial charge in [-0.3, -0.25) is 4.79 Å². The number of rotatable bonds is 6. The molecule has 1 fully saturated rings. The Hall–Kier alpha value is -2.19. The lowest BCUT2D eigenvalue weighted by Crippen LogP contribution is -2.28. The summed E-state index contributed by atoms with van der Waals surface area (Å²) in [4.78, 5) is 12.4. The summed E-state index contributed by atoms with van der Waals surface area (Å²) in [7, 11) is -3.37. The third-order valence-corrected chi connectivity index (χ3v) is 5.76. The Labute approximate surface area is 153 Å². The summed E-state index contributed by atoms with van der Waals surface area (Å²) in [5.41, 5.74) is 1.02. The van der Waals surface area contributed by atoms with E-state index >= 15 is 0 Å². The molecule has 1 aromatic heterocycles. The molecular formula is C18H24N4O3S. The second kappa shape index (κ2) is 8.01. The van der Waals surface area contributed by atoms with Crippen LogP contribution in [0.25, 0.3) is 5.69 Å². The van der Waals surface area contributed by atoms with E-state index in [2.05, 4.69) is 15.7 Å². The van der Waals surface area contributed by atoms with E-state index in [1.54, 1.807) is 30.5 Å². The van der Waals surface area contributed by atoms with Gasteiger partial charge < -0.3 is 10.6 Å². The van der Waals surface area contributed by atoms with Gasteiger partial charge in [-0.2, -0.15) is 5.10 Å². The predicted molar refractivity (Wildman–Crippen MR) is 100 cm³/mol. The minimum Gasteiger partial charge on any atom is -0.323 e.